The largest absolute Gasteiger partial charge is 0.478 e. The van der Waals surface area contributed by atoms with Crippen LogP contribution in [0.1, 0.15) is 41.4 Å². The molecule has 0 bridgehead atoms. The van der Waals surface area contributed by atoms with Crippen LogP contribution in [-0.2, 0) is 4.74 Å². The number of carbonyl (C=O) groups excluding carboxylic acids is 3. The lowest BCUT2D eigenvalue weighted by Gasteiger charge is -2.10. The SMILES string of the molecule is COC(=O)c1ccc(C(=O)Nc2ccc(-c3ccc(NC(=O)c4ccc5ccccc5c4C(=O)O)nn3)nn2)cc1. The third-order valence-electron chi connectivity index (χ3n) is 6.03. The van der Waals surface area contributed by atoms with Crippen molar-refractivity contribution in [2.45, 2.75) is 0 Å². The van der Waals surface area contributed by atoms with Gasteiger partial charge in [-0.05, 0) is 65.4 Å². The molecule has 0 spiro atoms. The highest BCUT2D eigenvalue weighted by Crippen LogP contribution is 2.24. The Morgan fingerprint density at radius 2 is 1.24 bits per heavy atom. The molecule has 12 heteroatoms. The summed E-state index contributed by atoms with van der Waals surface area (Å²) < 4.78 is 4.64. The van der Waals surface area contributed by atoms with Gasteiger partial charge in [0.05, 0.1) is 23.8 Å². The normalized spacial score (nSPS) is 10.6. The zero-order valence-corrected chi connectivity index (χ0v) is 21.4. The molecule has 0 aliphatic carbocycles. The number of esters is 1. The van der Waals surface area contributed by atoms with E-state index in [1.54, 1.807) is 42.5 Å². The number of ether oxygens (including phenoxy) is 1. The highest BCUT2D eigenvalue weighted by atomic mass is 16.5. The molecule has 5 rings (SSSR count). The number of aromatic carboxylic acids is 1. The molecule has 5 aromatic rings. The molecule has 2 heterocycles. The van der Waals surface area contributed by atoms with Gasteiger partial charge in [0.25, 0.3) is 11.8 Å². The number of hydrogen-bond acceptors (Lipinski definition) is 9. The topological polar surface area (TPSA) is 173 Å². The number of carbonyl (C=O) groups is 4. The highest BCUT2D eigenvalue weighted by molar-refractivity contribution is 6.16. The maximum Gasteiger partial charge on any atom is 0.337 e. The van der Waals surface area contributed by atoms with Crippen molar-refractivity contribution in [1.82, 2.24) is 20.4 Å². The molecule has 0 aliphatic rings. The van der Waals surface area contributed by atoms with Crippen molar-refractivity contribution in [3.8, 4) is 11.4 Å². The lowest BCUT2D eigenvalue weighted by molar-refractivity contribution is 0.0599. The monoisotopic (exact) mass is 548 g/mol. The first-order valence-electron chi connectivity index (χ1n) is 12.1. The fraction of sp³-hybridized carbons (Fsp3) is 0.0345. The van der Waals surface area contributed by atoms with Gasteiger partial charge in [-0.1, -0.05) is 30.3 Å². The van der Waals surface area contributed by atoms with Gasteiger partial charge < -0.3 is 20.5 Å². The van der Waals surface area contributed by atoms with Crippen LogP contribution in [0.25, 0.3) is 22.2 Å². The predicted octanol–water partition coefficient (Wildman–Crippen LogP) is 4.08. The molecular formula is C29H20N6O6. The van der Waals surface area contributed by atoms with Gasteiger partial charge >= 0.3 is 11.9 Å². The first-order valence-corrected chi connectivity index (χ1v) is 12.1. The predicted molar refractivity (Wildman–Crippen MR) is 148 cm³/mol. The smallest absolute Gasteiger partial charge is 0.337 e. The number of anilines is 2. The number of nitrogens with one attached hydrogen (secondary N) is 2. The number of rotatable bonds is 7. The molecule has 12 nitrogen and oxygen atoms in total. The minimum Gasteiger partial charge on any atom is -0.478 e. The molecule has 2 amide bonds. The van der Waals surface area contributed by atoms with Crippen molar-refractivity contribution in [1.29, 1.82) is 0 Å². The fourth-order valence-corrected chi connectivity index (χ4v) is 4.01. The van der Waals surface area contributed by atoms with Crippen LogP contribution in [0.3, 0.4) is 0 Å². The molecule has 0 fully saturated rings. The summed E-state index contributed by atoms with van der Waals surface area (Å²) in [5, 5.41) is 32.2. The van der Waals surface area contributed by atoms with Crippen LogP contribution in [0.15, 0.2) is 84.9 Å². The van der Waals surface area contributed by atoms with Crippen LogP contribution in [-0.4, -0.2) is 56.4 Å². The molecule has 0 saturated heterocycles. The molecule has 0 atom stereocenters. The first kappa shape index (κ1) is 26.6. The lowest BCUT2D eigenvalue weighted by atomic mass is 9.98. The second kappa shape index (κ2) is 11.4. The number of fused-ring (bicyclic) bond motifs is 1. The van der Waals surface area contributed by atoms with Crippen molar-refractivity contribution in [2.24, 2.45) is 0 Å². The van der Waals surface area contributed by atoms with E-state index in [2.05, 4.69) is 35.8 Å². The van der Waals surface area contributed by atoms with Crippen LogP contribution in [0.2, 0.25) is 0 Å². The quantitative estimate of drug-likeness (QED) is 0.252. The van der Waals surface area contributed by atoms with Crippen molar-refractivity contribution in [2.75, 3.05) is 17.7 Å². The molecule has 3 N–H and O–H groups in total. The third kappa shape index (κ3) is 5.71. The number of amides is 2. The number of methoxy groups -OCH3 is 1. The van der Waals surface area contributed by atoms with Crippen LogP contribution in [0, 0.1) is 0 Å². The molecule has 2 aromatic heterocycles. The van der Waals surface area contributed by atoms with E-state index in [0.29, 0.717) is 33.3 Å². The molecule has 3 aromatic carbocycles. The first-order chi connectivity index (χ1) is 19.8. The summed E-state index contributed by atoms with van der Waals surface area (Å²) >= 11 is 0. The van der Waals surface area contributed by atoms with E-state index in [1.807, 2.05) is 0 Å². The molecule has 41 heavy (non-hydrogen) atoms. The van der Waals surface area contributed by atoms with Gasteiger partial charge in [-0.25, -0.2) is 9.59 Å². The Morgan fingerprint density at radius 3 is 1.80 bits per heavy atom. The van der Waals surface area contributed by atoms with Gasteiger partial charge in [0.1, 0.15) is 11.4 Å². The number of hydrogen-bond donors (Lipinski definition) is 3. The van der Waals surface area contributed by atoms with Crippen molar-refractivity contribution < 1.29 is 29.0 Å². The van der Waals surface area contributed by atoms with Gasteiger partial charge in [0.15, 0.2) is 11.6 Å². The Balaban J connectivity index is 1.25. The Morgan fingerprint density at radius 1 is 0.659 bits per heavy atom. The molecule has 0 aliphatic heterocycles. The van der Waals surface area contributed by atoms with Crippen LogP contribution >= 0.6 is 0 Å². The fourth-order valence-electron chi connectivity index (χ4n) is 4.01. The Kier molecular flexibility index (Phi) is 7.37. The summed E-state index contributed by atoms with van der Waals surface area (Å²) in [7, 11) is 1.27. The summed E-state index contributed by atoms with van der Waals surface area (Å²) in [6.07, 6.45) is 0. The van der Waals surface area contributed by atoms with Gasteiger partial charge in [-0.2, -0.15) is 0 Å². The number of carboxylic acids is 1. The molecule has 202 valence electrons. The second-order valence-electron chi connectivity index (χ2n) is 8.60. The standard InChI is InChI=1S/C29H20N6O6/c1-41-29(40)18-8-6-17(7-9-18)26(36)30-23-14-12-21(32-34-23)22-13-15-24(35-33-22)31-27(37)20-11-10-16-4-2-3-5-19(16)25(20)28(38)39/h2-15H,1H3,(H,38,39)(H,30,34,36)(H,31,35,37). The zero-order valence-electron chi connectivity index (χ0n) is 21.4. The summed E-state index contributed by atoms with van der Waals surface area (Å²) in [4.78, 5) is 48.9. The maximum atomic E-state index is 12.9. The van der Waals surface area contributed by atoms with Crippen LogP contribution in [0.5, 0.6) is 0 Å². The van der Waals surface area contributed by atoms with Gasteiger partial charge in [0.2, 0.25) is 0 Å². The van der Waals surface area contributed by atoms with Gasteiger partial charge in [-0.3, -0.25) is 9.59 Å². The maximum absolute atomic E-state index is 12.9. The Hall–Kier alpha value is -6.04. The number of nitrogens with zero attached hydrogens (tertiary/aromatic N) is 4. The molecule has 0 unspecified atom stereocenters. The summed E-state index contributed by atoms with van der Waals surface area (Å²) in [5.41, 5.74) is 1.22. The summed E-state index contributed by atoms with van der Waals surface area (Å²) in [6.45, 7) is 0. The number of aromatic nitrogens is 4. The van der Waals surface area contributed by atoms with E-state index in [9.17, 15) is 24.3 Å². The third-order valence-corrected chi connectivity index (χ3v) is 6.03. The minimum atomic E-state index is -1.22. The van der Waals surface area contributed by atoms with Crippen molar-refractivity contribution >= 4 is 46.2 Å². The summed E-state index contributed by atoms with van der Waals surface area (Å²) in [6, 6.07) is 22.1. The number of carboxylic acid groups (broad SMARTS) is 1. The lowest BCUT2D eigenvalue weighted by Crippen LogP contribution is -2.17. The average Bonchev–Trinajstić information content (AvgIpc) is 3.00. The van der Waals surface area contributed by atoms with E-state index in [4.69, 9.17) is 0 Å². The second-order valence-corrected chi connectivity index (χ2v) is 8.60. The van der Waals surface area contributed by atoms with Gasteiger partial charge in [0, 0.05) is 5.56 Å². The molecule has 0 saturated carbocycles. The zero-order chi connectivity index (χ0) is 28.9. The van der Waals surface area contributed by atoms with Crippen molar-refractivity contribution in [3.05, 3.63) is 107 Å². The Labute approximate surface area is 232 Å². The van der Waals surface area contributed by atoms with E-state index >= 15 is 0 Å². The summed E-state index contributed by atoms with van der Waals surface area (Å²) in [5.74, 6) is -2.51. The number of benzene rings is 3. The Bertz CT molecular complexity index is 1790. The van der Waals surface area contributed by atoms with E-state index in [0.717, 1.165) is 0 Å². The van der Waals surface area contributed by atoms with Gasteiger partial charge in [-0.15, -0.1) is 20.4 Å². The van der Waals surface area contributed by atoms with Crippen LogP contribution in [0.4, 0.5) is 11.6 Å². The minimum absolute atomic E-state index is 0.00927. The molecular weight excluding hydrogens is 528 g/mol. The van der Waals surface area contributed by atoms with E-state index in [-0.39, 0.29) is 22.8 Å². The van der Waals surface area contributed by atoms with Crippen molar-refractivity contribution in [3.63, 3.8) is 0 Å². The highest BCUT2D eigenvalue weighted by Gasteiger charge is 2.20. The van der Waals surface area contributed by atoms with E-state index < -0.39 is 23.8 Å². The average molecular weight is 549 g/mol. The van der Waals surface area contributed by atoms with E-state index in [1.165, 1.54) is 49.6 Å². The van der Waals surface area contributed by atoms with Crippen LogP contribution < -0.4 is 10.6 Å². The molecule has 0 radical (unpaired) electrons.